The molecule has 2 rings (SSSR count). The van der Waals surface area contributed by atoms with Crippen LogP contribution in [-0.2, 0) is 9.59 Å². The van der Waals surface area contributed by atoms with Gasteiger partial charge in [-0.25, -0.2) is 4.39 Å². The fourth-order valence-electron chi connectivity index (χ4n) is 3.14. The van der Waals surface area contributed by atoms with Gasteiger partial charge in [0.15, 0.2) is 0 Å². The van der Waals surface area contributed by atoms with Gasteiger partial charge in [0.1, 0.15) is 17.8 Å². The van der Waals surface area contributed by atoms with Crippen LogP contribution < -0.4 is 5.32 Å². The first-order valence-electron chi connectivity index (χ1n) is 6.65. The van der Waals surface area contributed by atoms with Gasteiger partial charge >= 0.3 is 0 Å². The van der Waals surface area contributed by atoms with Crippen LogP contribution in [0.5, 0.6) is 0 Å². The lowest BCUT2D eigenvalue weighted by Crippen LogP contribution is -2.74. The van der Waals surface area contributed by atoms with Crippen molar-refractivity contribution in [3.63, 3.8) is 0 Å². The highest BCUT2D eigenvalue weighted by Gasteiger charge is 2.55. The average Bonchev–Trinajstić information content (AvgIpc) is 2.34. The smallest absolute Gasteiger partial charge is 0.248 e. The Morgan fingerprint density at radius 2 is 1.83 bits per heavy atom. The molecule has 0 unspecified atom stereocenters. The second kappa shape index (κ2) is 4.52. The first-order valence-corrected chi connectivity index (χ1v) is 6.65. The van der Waals surface area contributed by atoms with Gasteiger partial charge in [0.2, 0.25) is 11.8 Å². The Balaban J connectivity index is 2.36. The van der Waals surface area contributed by atoms with Crippen molar-refractivity contribution in [3.05, 3.63) is 0 Å². The number of nitrogens with one attached hydrogen (secondary N) is 1. The summed E-state index contributed by atoms with van der Waals surface area (Å²) in [4.78, 5) is 26.3. The predicted molar refractivity (Wildman–Crippen MR) is 65.7 cm³/mol. The number of carbonyl (C=O) groups is 2. The molecule has 5 heteroatoms. The van der Waals surface area contributed by atoms with E-state index in [1.54, 1.807) is 13.8 Å². The minimum atomic E-state index is -0.922. The molecule has 102 valence electrons. The molecule has 1 aliphatic heterocycles. The van der Waals surface area contributed by atoms with E-state index < -0.39 is 17.8 Å². The van der Waals surface area contributed by atoms with Crippen LogP contribution >= 0.6 is 0 Å². The van der Waals surface area contributed by atoms with E-state index in [0.29, 0.717) is 12.8 Å². The molecule has 0 aromatic rings. The Morgan fingerprint density at radius 3 is 2.39 bits per heavy atom. The summed E-state index contributed by atoms with van der Waals surface area (Å²) < 4.78 is 12.7. The molecule has 1 saturated heterocycles. The van der Waals surface area contributed by atoms with Gasteiger partial charge in [-0.3, -0.25) is 9.59 Å². The summed E-state index contributed by atoms with van der Waals surface area (Å²) >= 11 is 0. The van der Waals surface area contributed by atoms with E-state index in [9.17, 15) is 14.0 Å². The summed E-state index contributed by atoms with van der Waals surface area (Å²) in [6.07, 6.45) is 4.23. The summed E-state index contributed by atoms with van der Waals surface area (Å²) in [6, 6.07) is 0. The van der Waals surface area contributed by atoms with Crippen molar-refractivity contribution in [1.29, 1.82) is 0 Å². The molecule has 2 aliphatic rings. The Morgan fingerprint density at radius 1 is 1.22 bits per heavy atom. The highest BCUT2D eigenvalue weighted by atomic mass is 19.1. The molecular weight excluding hydrogens is 235 g/mol. The fraction of sp³-hybridized carbons (Fsp3) is 0.846. The Kier molecular flexibility index (Phi) is 3.34. The average molecular weight is 256 g/mol. The summed E-state index contributed by atoms with van der Waals surface area (Å²) in [5, 5.41) is 2.80. The van der Waals surface area contributed by atoms with E-state index in [1.807, 2.05) is 0 Å². The van der Waals surface area contributed by atoms with Gasteiger partial charge in [-0.2, -0.15) is 0 Å². The first kappa shape index (κ1) is 13.3. The summed E-state index contributed by atoms with van der Waals surface area (Å²) in [7, 11) is 0. The molecule has 0 aromatic carbocycles. The maximum Gasteiger partial charge on any atom is 0.248 e. The van der Waals surface area contributed by atoms with Crippen molar-refractivity contribution in [1.82, 2.24) is 10.2 Å². The fourth-order valence-corrected chi connectivity index (χ4v) is 3.14. The molecule has 1 N–H and O–H groups in total. The summed E-state index contributed by atoms with van der Waals surface area (Å²) in [5.41, 5.74) is -1.72. The second-order valence-electron chi connectivity index (χ2n) is 5.82. The second-order valence-corrected chi connectivity index (χ2v) is 5.82. The Labute approximate surface area is 107 Å². The number of halogens is 1. The van der Waals surface area contributed by atoms with Gasteiger partial charge in [-0.05, 0) is 26.7 Å². The Hall–Kier alpha value is -1.13. The summed E-state index contributed by atoms with van der Waals surface area (Å²) in [6.45, 7) is 2.77. The molecule has 2 amide bonds. The van der Waals surface area contributed by atoms with Gasteiger partial charge < -0.3 is 10.2 Å². The normalized spacial score (nSPS) is 26.3. The van der Waals surface area contributed by atoms with Crippen molar-refractivity contribution in [3.8, 4) is 0 Å². The number of alkyl halides is 1. The van der Waals surface area contributed by atoms with Gasteiger partial charge in [-0.1, -0.05) is 19.3 Å². The third-order valence-electron chi connectivity index (χ3n) is 4.13. The van der Waals surface area contributed by atoms with Crippen LogP contribution in [0.4, 0.5) is 4.39 Å². The van der Waals surface area contributed by atoms with Crippen molar-refractivity contribution in [2.24, 2.45) is 0 Å². The number of hydrogen-bond donors (Lipinski definition) is 1. The van der Waals surface area contributed by atoms with Gasteiger partial charge in [0.25, 0.3) is 0 Å². The van der Waals surface area contributed by atoms with E-state index in [2.05, 4.69) is 5.32 Å². The SMILES string of the molecule is CC1(C)NC(=O)C2(CCCCC2)N(CCF)C1=O. The van der Waals surface area contributed by atoms with Crippen molar-refractivity contribution >= 4 is 11.8 Å². The highest BCUT2D eigenvalue weighted by molar-refractivity contribution is 6.01. The first-order chi connectivity index (χ1) is 8.44. The molecule has 1 heterocycles. The molecule has 0 radical (unpaired) electrons. The zero-order valence-corrected chi connectivity index (χ0v) is 11.1. The molecule has 0 bridgehead atoms. The van der Waals surface area contributed by atoms with Crippen LogP contribution in [0.1, 0.15) is 46.0 Å². The molecule has 1 aliphatic carbocycles. The van der Waals surface area contributed by atoms with Crippen molar-refractivity contribution in [2.75, 3.05) is 13.2 Å². The number of nitrogens with zero attached hydrogens (tertiary/aromatic N) is 1. The zero-order valence-electron chi connectivity index (χ0n) is 11.1. The number of piperazine rings is 1. The molecule has 1 spiro atoms. The topological polar surface area (TPSA) is 49.4 Å². The highest BCUT2D eigenvalue weighted by Crippen LogP contribution is 2.38. The number of hydrogen-bond acceptors (Lipinski definition) is 2. The molecule has 4 nitrogen and oxygen atoms in total. The van der Waals surface area contributed by atoms with E-state index in [4.69, 9.17) is 0 Å². The number of amides is 2. The molecular formula is C13H21FN2O2. The standard InChI is InChI=1S/C13H21FN2O2/c1-12(2)11(18)16(9-8-14)13(10(17)15-12)6-4-3-5-7-13/h3-9H2,1-2H3,(H,15,17). The quantitative estimate of drug-likeness (QED) is 0.812. The number of carbonyl (C=O) groups excluding carboxylic acids is 2. The zero-order chi connectivity index (χ0) is 13.4. The number of rotatable bonds is 2. The third-order valence-corrected chi connectivity index (χ3v) is 4.13. The molecule has 2 fully saturated rings. The molecule has 18 heavy (non-hydrogen) atoms. The minimum Gasteiger partial charge on any atom is -0.340 e. The summed E-state index contributed by atoms with van der Waals surface area (Å²) in [5.74, 6) is -0.276. The molecule has 0 atom stereocenters. The molecule has 0 aromatic heterocycles. The van der Waals surface area contributed by atoms with Gasteiger partial charge in [0, 0.05) is 0 Å². The van der Waals surface area contributed by atoms with Crippen LogP contribution in [0.3, 0.4) is 0 Å². The van der Waals surface area contributed by atoms with Crippen LogP contribution in [0, 0.1) is 0 Å². The van der Waals surface area contributed by atoms with Crippen molar-refractivity contribution < 1.29 is 14.0 Å². The molecule has 1 saturated carbocycles. The van der Waals surface area contributed by atoms with Crippen LogP contribution in [0.2, 0.25) is 0 Å². The van der Waals surface area contributed by atoms with Gasteiger partial charge in [0.05, 0.1) is 6.54 Å². The van der Waals surface area contributed by atoms with E-state index in [0.717, 1.165) is 19.3 Å². The predicted octanol–water partition coefficient (Wildman–Crippen LogP) is 1.40. The van der Waals surface area contributed by atoms with E-state index >= 15 is 0 Å². The van der Waals surface area contributed by atoms with E-state index in [-0.39, 0.29) is 18.4 Å². The van der Waals surface area contributed by atoms with Crippen LogP contribution in [0.15, 0.2) is 0 Å². The van der Waals surface area contributed by atoms with Crippen LogP contribution in [-0.4, -0.2) is 41.0 Å². The van der Waals surface area contributed by atoms with Crippen LogP contribution in [0.25, 0.3) is 0 Å². The lowest BCUT2D eigenvalue weighted by atomic mass is 9.76. The monoisotopic (exact) mass is 256 g/mol. The van der Waals surface area contributed by atoms with E-state index in [1.165, 1.54) is 4.90 Å². The lowest BCUT2D eigenvalue weighted by molar-refractivity contribution is -0.164. The maximum atomic E-state index is 12.7. The van der Waals surface area contributed by atoms with Crippen molar-refractivity contribution in [2.45, 2.75) is 57.0 Å². The lowest BCUT2D eigenvalue weighted by Gasteiger charge is -2.52. The minimum absolute atomic E-state index is 0.0235. The Bertz CT molecular complexity index is 362. The maximum absolute atomic E-state index is 12.7. The van der Waals surface area contributed by atoms with Gasteiger partial charge in [-0.15, -0.1) is 0 Å². The third kappa shape index (κ3) is 1.89. The largest absolute Gasteiger partial charge is 0.340 e.